The Morgan fingerprint density at radius 1 is 1.10 bits per heavy atom. The molecule has 0 aromatic rings. The van der Waals surface area contributed by atoms with Gasteiger partial charge in [0.25, 0.3) is 0 Å². The molecule has 62 valence electrons. The van der Waals surface area contributed by atoms with Crippen molar-refractivity contribution in [1.29, 1.82) is 0 Å². The number of ether oxygens (including phenoxy) is 2. The van der Waals surface area contributed by atoms with Gasteiger partial charge in [0.05, 0.1) is 20.7 Å². The molecule has 3 nitrogen and oxygen atoms in total. The molecule has 0 unspecified atom stereocenters. The maximum Gasteiger partial charge on any atom is 0.182 e. The average molecular weight is 148 g/mol. The number of hydrogen-bond donors (Lipinski definition) is 0. The van der Waals surface area contributed by atoms with Gasteiger partial charge in [0.2, 0.25) is 0 Å². The highest BCUT2D eigenvalue weighted by Gasteiger charge is 2.12. The Balaban J connectivity index is 3.42. The van der Waals surface area contributed by atoms with Crippen LogP contribution in [-0.2, 0) is 9.47 Å². The molecule has 0 heterocycles. The fourth-order valence-corrected chi connectivity index (χ4v) is 0.752. The van der Waals surface area contributed by atoms with Crippen LogP contribution in [0.15, 0.2) is 0 Å². The lowest BCUT2D eigenvalue weighted by Crippen LogP contribution is -2.43. The first-order valence-electron chi connectivity index (χ1n) is 3.42. The van der Waals surface area contributed by atoms with Gasteiger partial charge in [-0.1, -0.05) is 0 Å². The van der Waals surface area contributed by atoms with Gasteiger partial charge in [0, 0.05) is 14.2 Å². The number of rotatable bonds is 5. The van der Waals surface area contributed by atoms with E-state index in [1.807, 2.05) is 0 Å². The van der Waals surface area contributed by atoms with Gasteiger partial charge in [0.1, 0.15) is 6.54 Å². The van der Waals surface area contributed by atoms with E-state index in [0.29, 0.717) is 0 Å². The minimum Gasteiger partial charge on any atom is -0.379 e. The lowest BCUT2D eigenvalue weighted by Gasteiger charge is -2.27. The Bertz CT molecular complexity index is 83.7. The molecule has 0 radical (unpaired) electrons. The molecular weight excluding hydrogens is 130 g/mol. The van der Waals surface area contributed by atoms with Crippen LogP contribution in [-0.4, -0.2) is 52.7 Å². The quantitative estimate of drug-likeness (QED) is 0.413. The van der Waals surface area contributed by atoms with E-state index < -0.39 is 0 Å². The zero-order valence-corrected chi connectivity index (χ0v) is 7.39. The van der Waals surface area contributed by atoms with Crippen molar-refractivity contribution in [2.45, 2.75) is 0 Å². The summed E-state index contributed by atoms with van der Waals surface area (Å²) in [6, 6.07) is 0. The molecule has 10 heavy (non-hydrogen) atoms. The first kappa shape index (κ1) is 9.88. The molecule has 0 aliphatic rings. The Morgan fingerprint density at radius 3 is 2.10 bits per heavy atom. The van der Waals surface area contributed by atoms with Gasteiger partial charge in [-0.15, -0.1) is 0 Å². The van der Waals surface area contributed by atoms with Crippen molar-refractivity contribution in [3.8, 4) is 0 Å². The van der Waals surface area contributed by atoms with Gasteiger partial charge >= 0.3 is 0 Å². The number of methoxy groups -OCH3 is 2. The summed E-state index contributed by atoms with van der Waals surface area (Å²) in [5.74, 6) is 0. The monoisotopic (exact) mass is 148 g/mol. The zero-order chi connectivity index (χ0) is 8.04. The highest BCUT2D eigenvalue weighted by Crippen LogP contribution is 1.95. The molecule has 0 rings (SSSR count). The van der Waals surface area contributed by atoms with Gasteiger partial charge in [-0.05, 0) is 0 Å². The SMILES string of the molecule is COCC[N+](C)(C)COC. The molecule has 0 N–H and O–H groups in total. The molecular formula is C7H18NO2+. The predicted molar refractivity (Wildman–Crippen MR) is 40.7 cm³/mol. The Labute approximate surface area is 63.1 Å². The Hall–Kier alpha value is -0.120. The van der Waals surface area contributed by atoms with Crippen LogP contribution in [0.3, 0.4) is 0 Å². The molecule has 0 saturated carbocycles. The first-order chi connectivity index (χ1) is 4.62. The summed E-state index contributed by atoms with van der Waals surface area (Å²) in [4.78, 5) is 0. The summed E-state index contributed by atoms with van der Waals surface area (Å²) in [5.41, 5.74) is 0. The van der Waals surface area contributed by atoms with Gasteiger partial charge in [0.15, 0.2) is 6.73 Å². The van der Waals surface area contributed by atoms with Crippen molar-refractivity contribution in [3.05, 3.63) is 0 Å². The van der Waals surface area contributed by atoms with Crippen LogP contribution in [0.2, 0.25) is 0 Å². The lowest BCUT2D eigenvalue weighted by atomic mass is 10.5. The van der Waals surface area contributed by atoms with Gasteiger partial charge in [-0.3, -0.25) is 0 Å². The van der Waals surface area contributed by atoms with Crippen molar-refractivity contribution in [2.75, 3.05) is 48.2 Å². The molecule has 3 heteroatoms. The molecule has 0 bridgehead atoms. The molecule has 0 aliphatic heterocycles. The van der Waals surface area contributed by atoms with Crippen molar-refractivity contribution >= 4 is 0 Å². The summed E-state index contributed by atoms with van der Waals surface area (Å²) in [7, 11) is 7.66. The standard InChI is InChI=1S/C7H18NO2/c1-8(2,7-10-4)5-6-9-3/h5-7H2,1-4H3/q+1. The average Bonchev–Trinajstić information content (AvgIpc) is 1.84. The number of likely N-dealkylation sites (N-methyl/N-ethyl adjacent to an activating group) is 1. The van der Waals surface area contributed by atoms with E-state index in [4.69, 9.17) is 9.47 Å². The van der Waals surface area contributed by atoms with Gasteiger partial charge in [-0.2, -0.15) is 0 Å². The Morgan fingerprint density at radius 2 is 1.70 bits per heavy atom. The third-order valence-electron chi connectivity index (χ3n) is 1.38. The third kappa shape index (κ3) is 4.73. The van der Waals surface area contributed by atoms with E-state index in [1.165, 1.54) is 0 Å². The highest BCUT2D eigenvalue weighted by atomic mass is 16.5. The smallest absolute Gasteiger partial charge is 0.182 e. The van der Waals surface area contributed by atoms with Gasteiger partial charge < -0.3 is 14.0 Å². The van der Waals surface area contributed by atoms with E-state index in [0.717, 1.165) is 24.4 Å². The molecule has 0 aliphatic carbocycles. The van der Waals surface area contributed by atoms with E-state index >= 15 is 0 Å². The lowest BCUT2D eigenvalue weighted by molar-refractivity contribution is -0.909. The van der Waals surface area contributed by atoms with Crippen molar-refractivity contribution in [2.24, 2.45) is 0 Å². The molecule has 0 fully saturated rings. The highest BCUT2D eigenvalue weighted by molar-refractivity contribution is 4.25. The predicted octanol–water partition coefficient (Wildman–Crippen LogP) is 0.313. The number of nitrogens with zero attached hydrogens (tertiary/aromatic N) is 1. The maximum atomic E-state index is 5.02. The maximum absolute atomic E-state index is 5.02. The topological polar surface area (TPSA) is 18.5 Å². The summed E-state index contributed by atoms with van der Waals surface area (Å²) in [5, 5.41) is 0. The fraction of sp³-hybridized carbons (Fsp3) is 1.00. The van der Waals surface area contributed by atoms with Crippen LogP contribution in [0.1, 0.15) is 0 Å². The number of hydrogen-bond acceptors (Lipinski definition) is 2. The van der Waals surface area contributed by atoms with Crippen molar-refractivity contribution < 1.29 is 14.0 Å². The fourth-order valence-electron chi connectivity index (χ4n) is 0.752. The summed E-state index contributed by atoms with van der Waals surface area (Å²) in [6.45, 7) is 2.52. The second-order valence-corrected chi connectivity index (χ2v) is 3.07. The third-order valence-corrected chi connectivity index (χ3v) is 1.38. The Kier molecular flexibility index (Phi) is 4.60. The molecule has 0 aromatic carbocycles. The number of quaternary nitrogens is 1. The van der Waals surface area contributed by atoms with Crippen LogP contribution in [0.5, 0.6) is 0 Å². The molecule has 0 atom stereocenters. The van der Waals surface area contributed by atoms with Crippen LogP contribution in [0, 0.1) is 0 Å². The minimum atomic E-state index is 0.739. The summed E-state index contributed by atoms with van der Waals surface area (Å²) in [6.07, 6.45) is 0. The normalized spacial score (nSPS) is 12.0. The molecule has 0 amide bonds. The summed E-state index contributed by atoms with van der Waals surface area (Å²) >= 11 is 0. The molecule has 0 saturated heterocycles. The molecule has 0 spiro atoms. The van der Waals surface area contributed by atoms with E-state index in [9.17, 15) is 0 Å². The van der Waals surface area contributed by atoms with E-state index in [1.54, 1.807) is 14.2 Å². The van der Waals surface area contributed by atoms with E-state index in [2.05, 4.69) is 14.1 Å². The zero-order valence-electron chi connectivity index (χ0n) is 7.39. The van der Waals surface area contributed by atoms with Crippen molar-refractivity contribution in [3.63, 3.8) is 0 Å². The van der Waals surface area contributed by atoms with Crippen LogP contribution >= 0.6 is 0 Å². The molecule has 0 aromatic heterocycles. The van der Waals surface area contributed by atoms with Crippen LogP contribution < -0.4 is 0 Å². The van der Waals surface area contributed by atoms with Crippen LogP contribution in [0.4, 0.5) is 0 Å². The largest absolute Gasteiger partial charge is 0.379 e. The van der Waals surface area contributed by atoms with Crippen LogP contribution in [0.25, 0.3) is 0 Å². The van der Waals surface area contributed by atoms with Crippen molar-refractivity contribution in [1.82, 2.24) is 0 Å². The summed E-state index contributed by atoms with van der Waals surface area (Å²) < 4.78 is 10.8. The second kappa shape index (κ2) is 4.66. The second-order valence-electron chi connectivity index (χ2n) is 3.07. The minimum absolute atomic E-state index is 0.739. The van der Waals surface area contributed by atoms with Gasteiger partial charge in [-0.25, -0.2) is 0 Å². The van der Waals surface area contributed by atoms with E-state index in [-0.39, 0.29) is 0 Å². The first-order valence-corrected chi connectivity index (χ1v) is 3.42.